The summed E-state index contributed by atoms with van der Waals surface area (Å²) in [5.74, 6) is 1.83. The molecule has 130 valence electrons. The number of aromatic nitrogens is 2. The average Bonchev–Trinajstić information content (AvgIpc) is 3.04. The average molecular weight is 329 g/mol. The Morgan fingerprint density at radius 2 is 2.04 bits per heavy atom. The van der Waals surface area contributed by atoms with Crippen LogP contribution >= 0.6 is 0 Å². The van der Waals surface area contributed by atoms with Gasteiger partial charge in [-0.05, 0) is 35.2 Å². The van der Waals surface area contributed by atoms with Gasteiger partial charge in [-0.2, -0.15) is 0 Å². The van der Waals surface area contributed by atoms with Crippen molar-refractivity contribution in [2.24, 2.45) is 5.41 Å². The molecule has 1 N–H and O–H groups in total. The summed E-state index contributed by atoms with van der Waals surface area (Å²) in [5.41, 5.74) is 2.38. The molecule has 2 heterocycles. The number of nitrogens with zero attached hydrogens (tertiary/aromatic N) is 2. The number of benzene rings is 1. The van der Waals surface area contributed by atoms with Crippen molar-refractivity contribution in [3.8, 4) is 17.0 Å². The number of rotatable bonds is 4. The fraction of sp³-hybridized carbons (Fsp3) is 0.526. The Morgan fingerprint density at radius 1 is 1.29 bits per heavy atom. The molecule has 1 unspecified atom stereocenters. The minimum Gasteiger partial charge on any atom is -0.497 e. The fourth-order valence-corrected chi connectivity index (χ4v) is 3.11. The molecule has 1 aliphatic rings. The molecule has 0 spiro atoms. The number of morpholine rings is 1. The van der Waals surface area contributed by atoms with Crippen molar-refractivity contribution in [2.75, 3.05) is 33.4 Å². The van der Waals surface area contributed by atoms with Gasteiger partial charge in [-0.15, -0.1) is 0 Å². The van der Waals surface area contributed by atoms with Crippen molar-refractivity contribution in [1.82, 2.24) is 14.9 Å². The molecule has 0 radical (unpaired) electrons. The van der Waals surface area contributed by atoms with Crippen LogP contribution < -0.4 is 4.74 Å². The van der Waals surface area contributed by atoms with Gasteiger partial charge in [0.1, 0.15) is 11.6 Å². The Bertz CT molecular complexity index is 658. The maximum atomic E-state index is 5.71. The van der Waals surface area contributed by atoms with E-state index >= 15 is 0 Å². The van der Waals surface area contributed by atoms with E-state index in [4.69, 9.17) is 9.47 Å². The number of hydrogen-bond donors (Lipinski definition) is 1. The number of imidazole rings is 1. The van der Waals surface area contributed by atoms with Crippen molar-refractivity contribution in [2.45, 2.75) is 26.8 Å². The molecule has 24 heavy (non-hydrogen) atoms. The van der Waals surface area contributed by atoms with E-state index in [2.05, 4.69) is 35.6 Å². The lowest BCUT2D eigenvalue weighted by Gasteiger charge is -2.38. The maximum absolute atomic E-state index is 5.71. The van der Waals surface area contributed by atoms with Crippen LogP contribution in [0, 0.1) is 5.41 Å². The van der Waals surface area contributed by atoms with Crippen molar-refractivity contribution in [3.05, 3.63) is 36.3 Å². The highest BCUT2D eigenvalue weighted by molar-refractivity contribution is 5.59. The van der Waals surface area contributed by atoms with Gasteiger partial charge in [0.05, 0.1) is 38.3 Å². The van der Waals surface area contributed by atoms with Gasteiger partial charge in [0.15, 0.2) is 0 Å². The van der Waals surface area contributed by atoms with Crippen LogP contribution in [0.3, 0.4) is 0 Å². The normalized spacial score (nSPS) is 19.4. The third-order valence-corrected chi connectivity index (χ3v) is 4.23. The Balaban J connectivity index is 1.79. The summed E-state index contributed by atoms with van der Waals surface area (Å²) in [6, 6.07) is 8.20. The molecule has 0 amide bonds. The van der Waals surface area contributed by atoms with E-state index in [0.29, 0.717) is 6.61 Å². The predicted molar refractivity (Wildman–Crippen MR) is 95.2 cm³/mol. The van der Waals surface area contributed by atoms with Crippen molar-refractivity contribution in [1.29, 1.82) is 0 Å². The highest BCUT2D eigenvalue weighted by Crippen LogP contribution is 2.28. The third-order valence-electron chi connectivity index (χ3n) is 4.23. The topological polar surface area (TPSA) is 50.4 Å². The second-order valence-electron chi connectivity index (χ2n) is 7.53. The van der Waals surface area contributed by atoms with Gasteiger partial charge in [0.25, 0.3) is 0 Å². The molecule has 3 rings (SSSR count). The van der Waals surface area contributed by atoms with Crippen LogP contribution in [0.25, 0.3) is 11.3 Å². The Labute approximate surface area is 144 Å². The smallest absolute Gasteiger partial charge is 0.126 e. The zero-order valence-electron chi connectivity index (χ0n) is 15.0. The second-order valence-corrected chi connectivity index (χ2v) is 7.53. The van der Waals surface area contributed by atoms with Crippen LogP contribution in [0.1, 0.15) is 32.6 Å². The van der Waals surface area contributed by atoms with E-state index in [1.54, 1.807) is 7.11 Å². The molecule has 0 bridgehead atoms. The van der Waals surface area contributed by atoms with Crippen molar-refractivity contribution >= 4 is 0 Å². The largest absolute Gasteiger partial charge is 0.497 e. The third kappa shape index (κ3) is 3.97. The van der Waals surface area contributed by atoms with Gasteiger partial charge in [0, 0.05) is 13.1 Å². The van der Waals surface area contributed by atoms with Crippen LogP contribution in [0.2, 0.25) is 0 Å². The fourth-order valence-electron chi connectivity index (χ4n) is 3.11. The molecule has 1 aromatic heterocycles. The second kappa shape index (κ2) is 6.95. The van der Waals surface area contributed by atoms with E-state index < -0.39 is 0 Å². The maximum Gasteiger partial charge on any atom is 0.126 e. The van der Waals surface area contributed by atoms with Crippen LogP contribution in [-0.4, -0.2) is 48.3 Å². The van der Waals surface area contributed by atoms with E-state index in [1.807, 2.05) is 30.5 Å². The highest BCUT2D eigenvalue weighted by atomic mass is 16.5. The van der Waals surface area contributed by atoms with Gasteiger partial charge in [-0.1, -0.05) is 20.8 Å². The molecular weight excluding hydrogens is 302 g/mol. The first-order valence-corrected chi connectivity index (χ1v) is 8.47. The first-order chi connectivity index (χ1) is 11.5. The van der Waals surface area contributed by atoms with Gasteiger partial charge >= 0.3 is 0 Å². The summed E-state index contributed by atoms with van der Waals surface area (Å²) >= 11 is 0. The summed E-state index contributed by atoms with van der Waals surface area (Å²) in [6.07, 6.45) is 1.90. The van der Waals surface area contributed by atoms with Crippen LogP contribution in [0.4, 0.5) is 0 Å². The Morgan fingerprint density at radius 3 is 2.71 bits per heavy atom. The molecule has 0 aliphatic carbocycles. The molecule has 1 atom stereocenters. The predicted octanol–water partition coefficient (Wildman–Crippen LogP) is 3.50. The van der Waals surface area contributed by atoms with E-state index in [0.717, 1.165) is 42.5 Å². The molecule has 2 aromatic rings. The molecule has 1 saturated heterocycles. The molecule has 1 aliphatic heterocycles. The minimum atomic E-state index is 0.185. The number of H-pyrrole nitrogens is 1. The lowest BCUT2D eigenvalue weighted by Crippen LogP contribution is -2.44. The summed E-state index contributed by atoms with van der Waals surface area (Å²) in [6.45, 7) is 10.3. The molecule has 1 fully saturated rings. The van der Waals surface area contributed by atoms with Crippen LogP contribution in [0.5, 0.6) is 5.75 Å². The number of hydrogen-bond acceptors (Lipinski definition) is 4. The highest BCUT2D eigenvalue weighted by Gasteiger charge is 2.29. The Kier molecular flexibility index (Phi) is 4.92. The zero-order chi connectivity index (χ0) is 17.2. The lowest BCUT2D eigenvalue weighted by atomic mass is 9.95. The quantitative estimate of drug-likeness (QED) is 0.933. The standard InChI is InChI=1S/C19H27N3O2/c1-19(2,3)13-22-9-10-24-12-17(22)18-20-11-16(21-18)14-5-7-15(23-4)8-6-14/h5-8,11,17H,9-10,12-13H2,1-4H3,(H,20,21). The zero-order valence-corrected chi connectivity index (χ0v) is 15.0. The summed E-state index contributed by atoms with van der Waals surface area (Å²) in [5, 5.41) is 0. The number of nitrogens with one attached hydrogen (secondary N) is 1. The summed E-state index contributed by atoms with van der Waals surface area (Å²) < 4.78 is 10.9. The van der Waals surface area contributed by atoms with Gasteiger partial charge in [-0.3, -0.25) is 4.90 Å². The molecule has 5 nitrogen and oxygen atoms in total. The summed E-state index contributed by atoms with van der Waals surface area (Å²) in [4.78, 5) is 10.6. The lowest BCUT2D eigenvalue weighted by molar-refractivity contribution is -0.0246. The monoisotopic (exact) mass is 329 g/mol. The Hall–Kier alpha value is -1.85. The molecule has 5 heteroatoms. The first-order valence-electron chi connectivity index (χ1n) is 8.47. The molecular formula is C19H27N3O2. The van der Waals surface area contributed by atoms with Crippen LogP contribution in [0.15, 0.2) is 30.5 Å². The first kappa shape index (κ1) is 17.0. The van der Waals surface area contributed by atoms with E-state index in [-0.39, 0.29) is 11.5 Å². The summed E-state index contributed by atoms with van der Waals surface area (Å²) in [7, 11) is 1.68. The van der Waals surface area contributed by atoms with Crippen LogP contribution in [-0.2, 0) is 4.74 Å². The number of methoxy groups -OCH3 is 1. The van der Waals surface area contributed by atoms with E-state index in [1.165, 1.54) is 0 Å². The molecule has 0 saturated carbocycles. The minimum absolute atomic E-state index is 0.185. The van der Waals surface area contributed by atoms with Gasteiger partial charge in [0.2, 0.25) is 0 Å². The number of aromatic amines is 1. The molecule has 1 aromatic carbocycles. The van der Waals surface area contributed by atoms with Gasteiger partial charge in [-0.25, -0.2) is 4.98 Å². The van der Waals surface area contributed by atoms with E-state index in [9.17, 15) is 0 Å². The number of ether oxygens (including phenoxy) is 2. The van der Waals surface area contributed by atoms with Gasteiger partial charge < -0.3 is 14.5 Å². The SMILES string of the molecule is COc1ccc(-c2cnc(C3COCCN3CC(C)(C)C)[nH]2)cc1. The van der Waals surface area contributed by atoms with Crippen molar-refractivity contribution < 1.29 is 9.47 Å². The van der Waals surface area contributed by atoms with Crippen molar-refractivity contribution in [3.63, 3.8) is 0 Å².